The number of rotatable bonds is 8. The van der Waals surface area contributed by atoms with Gasteiger partial charge in [-0.25, -0.2) is 9.78 Å². The van der Waals surface area contributed by atoms with E-state index < -0.39 is 0 Å². The van der Waals surface area contributed by atoms with Crippen molar-refractivity contribution in [3.63, 3.8) is 0 Å². The molecule has 0 N–H and O–H groups in total. The van der Waals surface area contributed by atoms with Crippen LogP contribution in [0.15, 0.2) is 83.3 Å². The van der Waals surface area contributed by atoms with Crippen LogP contribution in [0.5, 0.6) is 17.2 Å². The molecule has 0 unspecified atom stereocenters. The molecule has 1 aliphatic heterocycles. The monoisotopic (exact) mass is 540 g/mol. The molecule has 3 aromatic carbocycles. The maximum atomic E-state index is 13.4. The van der Waals surface area contributed by atoms with E-state index in [-0.39, 0.29) is 18.2 Å². The van der Waals surface area contributed by atoms with Crippen LogP contribution in [0.1, 0.15) is 55.7 Å². The molecule has 40 heavy (non-hydrogen) atoms. The fourth-order valence-corrected chi connectivity index (χ4v) is 5.21. The lowest BCUT2D eigenvalue weighted by Gasteiger charge is -2.34. The number of hydrogen-bond acceptors (Lipinski definition) is 6. The first-order chi connectivity index (χ1) is 19.5. The van der Waals surface area contributed by atoms with Crippen LogP contribution in [0.4, 0.5) is 4.79 Å². The molecular weight excluding hydrogens is 504 g/mol. The second-order valence-electron chi connectivity index (χ2n) is 10.2. The van der Waals surface area contributed by atoms with Crippen LogP contribution in [0, 0.1) is 6.92 Å². The minimum atomic E-state index is -0.331. The molecule has 7 heteroatoms. The summed E-state index contributed by atoms with van der Waals surface area (Å²) in [7, 11) is 1.61. The number of oxazole rings is 1. The Morgan fingerprint density at radius 2 is 1.60 bits per heavy atom. The Labute approximate surface area is 235 Å². The van der Waals surface area contributed by atoms with E-state index in [9.17, 15) is 4.79 Å². The molecule has 5 rings (SSSR count). The quantitative estimate of drug-likeness (QED) is 0.227. The normalized spacial score (nSPS) is 17.2. The van der Waals surface area contributed by atoms with Gasteiger partial charge in [0.15, 0.2) is 0 Å². The van der Waals surface area contributed by atoms with E-state index in [1.165, 1.54) is 0 Å². The highest BCUT2D eigenvalue weighted by atomic mass is 16.6. The summed E-state index contributed by atoms with van der Waals surface area (Å²) >= 11 is 0. The van der Waals surface area contributed by atoms with E-state index in [1.54, 1.807) is 31.4 Å². The van der Waals surface area contributed by atoms with Gasteiger partial charge < -0.3 is 18.6 Å². The Kier molecular flexibility index (Phi) is 8.69. The molecule has 0 bridgehead atoms. The van der Waals surface area contributed by atoms with Crippen molar-refractivity contribution in [1.82, 2.24) is 9.88 Å². The third-order valence-corrected chi connectivity index (χ3v) is 7.42. The molecule has 208 valence electrons. The van der Waals surface area contributed by atoms with E-state index >= 15 is 0 Å². The standard InChI is InChI=1S/C33H36N2O5/c1-23-9-7-8-12-31(35(23)33(36)40-29-19-17-27(37-3)18-20-29)25-13-15-28(16-14-25)38-22-21-30-24(2)39-32(34-30)26-10-5-4-6-11-26/h4-6,10-11,13-20,23,31H,7-9,12,21-22H2,1-3H3/t23-,31+/m1/s1. The van der Waals surface area contributed by atoms with Gasteiger partial charge in [-0.15, -0.1) is 0 Å². The highest BCUT2D eigenvalue weighted by molar-refractivity contribution is 5.72. The van der Waals surface area contributed by atoms with E-state index in [4.69, 9.17) is 18.6 Å². The molecule has 7 nitrogen and oxygen atoms in total. The van der Waals surface area contributed by atoms with Gasteiger partial charge in [-0.2, -0.15) is 0 Å². The van der Waals surface area contributed by atoms with Gasteiger partial charge in [0.25, 0.3) is 0 Å². The lowest BCUT2D eigenvalue weighted by Crippen LogP contribution is -2.42. The largest absolute Gasteiger partial charge is 0.497 e. The summed E-state index contributed by atoms with van der Waals surface area (Å²) in [5.41, 5.74) is 2.93. The average Bonchev–Trinajstić information content (AvgIpc) is 3.24. The predicted molar refractivity (Wildman–Crippen MR) is 154 cm³/mol. The van der Waals surface area contributed by atoms with Gasteiger partial charge in [-0.3, -0.25) is 4.90 Å². The molecule has 2 atom stereocenters. The van der Waals surface area contributed by atoms with Gasteiger partial charge in [-0.05, 0) is 80.8 Å². The van der Waals surface area contributed by atoms with Crippen molar-refractivity contribution in [3.05, 3.63) is 95.9 Å². The van der Waals surface area contributed by atoms with Crippen molar-refractivity contribution >= 4 is 6.09 Å². The number of amides is 1. The second-order valence-corrected chi connectivity index (χ2v) is 10.2. The molecule has 4 aromatic rings. The van der Waals surface area contributed by atoms with Crippen molar-refractivity contribution in [2.75, 3.05) is 13.7 Å². The number of hydrogen-bond donors (Lipinski definition) is 0. The topological polar surface area (TPSA) is 74.0 Å². The Balaban J connectivity index is 1.22. The van der Waals surface area contributed by atoms with Crippen molar-refractivity contribution in [2.45, 2.75) is 58.0 Å². The minimum absolute atomic E-state index is 0.0634. The number of benzene rings is 3. The molecule has 2 heterocycles. The maximum absolute atomic E-state index is 13.4. The lowest BCUT2D eigenvalue weighted by atomic mass is 10.0. The summed E-state index contributed by atoms with van der Waals surface area (Å²) in [5.74, 6) is 3.44. The fraction of sp³-hybridized carbons (Fsp3) is 0.333. The molecular formula is C33H36N2O5. The van der Waals surface area contributed by atoms with Crippen LogP contribution in [0.3, 0.4) is 0 Å². The summed E-state index contributed by atoms with van der Waals surface area (Å²) in [6.45, 7) is 4.52. The van der Waals surface area contributed by atoms with Gasteiger partial charge in [-0.1, -0.05) is 43.2 Å². The molecule has 0 radical (unpaired) electrons. The zero-order valence-electron chi connectivity index (χ0n) is 23.3. The second kappa shape index (κ2) is 12.7. The van der Waals surface area contributed by atoms with Crippen LogP contribution in [0.25, 0.3) is 11.5 Å². The van der Waals surface area contributed by atoms with Crippen LogP contribution in [-0.2, 0) is 6.42 Å². The van der Waals surface area contributed by atoms with Crippen LogP contribution < -0.4 is 14.2 Å². The van der Waals surface area contributed by atoms with Gasteiger partial charge >= 0.3 is 6.09 Å². The van der Waals surface area contributed by atoms with Crippen LogP contribution in [0.2, 0.25) is 0 Å². The lowest BCUT2D eigenvalue weighted by molar-refractivity contribution is 0.110. The molecule has 1 saturated heterocycles. The van der Waals surface area contributed by atoms with Crippen molar-refractivity contribution in [2.24, 2.45) is 0 Å². The van der Waals surface area contributed by atoms with Crippen molar-refractivity contribution < 1.29 is 23.4 Å². The van der Waals surface area contributed by atoms with Gasteiger partial charge in [0.05, 0.1) is 25.5 Å². The Hall–Kier alpha value is -4.26. The smallest absolute Gasteiger partial charge is 0.415 e. The third kappa shape index (κ3) is 6.47. The number of nitrogens with zero attached hydrogens (tertiary/aromatic N) is 2. The zero-order chi connectivity index (χ0) is 27.9. The van der Waals surface area contributed by atoms with E-state index in [0.29, 0.717) is 24.7 Å². The number of carbonyl (C=O) groups excluding carboxylic acids is 1. The van der Waals surface area contributed by atoms with E-state index in [1.807, 2.05) is 54.3 Å². The molecule has 1 aliphatic rings. The molecule has 0 saturated carbocycles. The first-order valence-electron chi connectivity index (χ1n) is 13.9. The first kappa shape index (κ1) is 27.3. The van der Waals surface area contributed by atoms with Crippen molar-refractivity contribution in [3.8, 4) is 28.7 Å². The van der Waals surface area contributed by atoms with Gasteiger partial charge in [0.1, 0.15) is 23.0 Å². The van der Waals surface area contributed by atoms with Gasteiger partial charge in [0, 0.05) is 18.0 Å². The third-order valence-electron chi connectivity index (χ3n) is 7.42. The molecule has 1 amide bonds. The summed E-state index contributed by atoms with van der Waals surface area (Å²) in [6, 6.07) is 25.0. The Morgan fingerprint density at radius 1 is 0.925 bits per heavy atom. The van der Waals surface area contributed by atoms with Crippen LogP contribution in [-0.4, -0.2) is 35.7 Å². The number of aromatic nitrogens is 1. The maximum Gasteiger partial charge on any atom is 0.415 e. The van der Waals surface area contributed by atoms with Crippen LogP contribution >= 0.6 is 0 Å². The SMILES string of the molecule is COc1ccc(OC(=O)N2[C@H](C)CCCC[C@H]2c2ccc(OCCc3nc(-c4ccccc4)oc3C)cc2)cc1. The number of aryl methyl sites for hydroxylation is 1. The molecule has 1 fully saturated rings. The van der Waals surface area contributed by atoms with Gasteiger partial charge in [0.2, 0.25) is 5.89 Å². The van der Waals surface area contributed by atoms with E-state index in [0.717, 1.165) is 59.8 Å². The number of likely N-dealkylation sites (tertiary alicyclic amines) is 1. The highest BCUT2D eigenvalue weighted by Gasteiger charge is 2.33. The fourth-order valence-electron chi connectivity index (χ4n) is 5.21. The summed E-state index contributed by atoms with van der Waals surface area (Å²) in [6.07, 6.45) is 4.29. The highest BCUT2D eigenvalue weighted by Crippen LogP contribution is 2.35. The minimum Gasteiger partial charge on any atom is -0.497 e. The van der Waals surface area contributed by atoms with E-state index in [2.05, 4.69) is 24.0 Å². The number of carbonyl (C=O) groups is 1. The summed E-state index contributed by atoms with van der Waals surface area (Å²) < 4.78 is 22.9. The molecule has 0 aliphatic carbocycles. The first-order valence-corrected chi connectivity index (χ1v) is 13.9. The molecule has 0 spiro atoms. The number of methoxy groups -OCH3 is 1. The summed E-state index contributed by atoms with van der Waals surface area (Å²) in [4.78, 5) is 19.9. The zero-order valence-corrected chi connectivity index (χ0v) is 23.3. The van der Waals surface area contributed by atoms with Crippen molar-refractivity contribution in [1.29, 1.82) is 0 Å². The molecule has 1 aromatic heterocycles. The average molecular weight is 541 g/mol. The predicted octanol–water partition coefficient (Wildman–Crippen LogP) is 7.78. The Bertz CT molecular complexity index is 1380. The Morgan fingerprint density at radius 3 is 2.33 bits per heavy atom. The number of ether oxygens (including phenoxy) is 3. The summed E-state index contributed by atoms with van der Waals surface area (Å²) in [5, 5.41) is 0.